The number of hydrogen-bond donors (Lipinski definition) is 1. The molecular formula is C26H31N3O2S. The van der Waals surface area contributed by atoms with E-state index < -0.39 is 0 Å². The van der Waals surface area contributed by atoms with Crippen LogP contribution in [-0.2, 0) is 9.59 Å². The normalized spacial score (nSPS) is 28.2. The number of amides is 2. The van der Waals surface area contributed by atoms with Gasteiger partial charge in [0.2, 0.25) is 11.8 Å². The molecule has 1 aromatic heterocycles. The third-order valence-corrected chi connectivity index (χ3v) is 8.40. The summed E-state index contributed by atoms with van der Waals surface area (Å²) in [7, 11) is 0. The second kappa shape index (κ2) is 8.81. The van der Waals surface area contributed by atoms with Gasteiger partial charge in [0.25, 0.3) is 0 Å². The maximum absolute atomic E-state index is 12.4. The third-order valence-electron chi connectivity index (χ3n) is 7.56. The van der Waals surface area contributed by atoms with Gasteiger partial charge in [0, 0.05) is 24.9 Å². The van der Waals surface area contributed by atoms with Crippen molar-refractivity contribution in [3.05, 3.63) is 47.5 Å². The Kier molecular flexibility index (Phi) is 5.89. The van der Waals surface area contributed by atoms with Gasteiger partial charge in [0.1, 0.15) is 0 Å². The van der Waals surface area contributed by atoms with Crippen LogP contribution in [0.3, 0.4) is 0 Å². The fraction of sp³-hybridized carbons (Fsp3) is 0.500. The van der Waals surface area contributed by atoms with E-state index in [-0.39, 0.29) is 11.8 Å². The molecule has 4 fully saturated rings. The average molecular weight is 450 g/mol. The molecule has 4 aliphatic rings. The molecule has 6 heteroatoms. The predicted molar refractivity (Wildman–Crippen MR) is 129 cm³/mol. The summed E-state index contributed by atoms with van der Waals surface area (Å²) in [5.74, 6) is 2.67. The number of carbonyl (C=O) groups excluding carboxylic acids is 2. The summed E-state index contributed by atoms with van der Waals surface area (Å²) in [6, 6.07) is 9.48. The molecule has 32 heavy (non-hydrogen) atoms. The van der Waals surface area contributed by atoms with Crippen molar-refractivity contribution in [2.24, 2.45) is 23.2 Å². The fourth-order valence-electron chi connectivity index (χ4n) is 6.73. The van der Waals surface area contributed by atoms with Gasteiger partial charge in [-0.15, -0.1) is 11.3 Å². The summed E-state index contributed by atoms with van der Waals surface area (Å²) in [4.78, 5) is 30.7. The first-order chi connectivity index (χ1) is 15.5. The van der Waals surface area contributed by atoms with Crippen LogP contribution in [0.2, 0.25) is 0 Å². The molecule has 0 spiro atoms. The molecule has 0 unspecified atom stereocenters. The number of carbonyl (C=O) groups is 2. The molecule has 4 bridgehead atoms. The molecule has 1 heterocycles. The largest absolute Gasteiger partial charge is 0.353 e. The maximum Gasteiger partial charge on any atom is 0.244 e. The Morgan fingerprint density at radius 2 is 1.78 bits per heavy atom. The van der Waals surface area contributed by atoms with Crippen molar-refractivity contribution in [2.45, 2.75) is 51.9 Å². The third kappa shape index (κ3) is 4.51. The molecule has 2 amide bonds. The van der Waals surface area contributed by atoms with Gasteiger partial charge in [-0.3, -0.25) is 14.5 Å². The smallest absolute Gasteiger partial charge is 0.244 e. The van der Waals surface area contributed by atoms with Gasteiger partial charge in [0.05, 0.1) is 11.4 Å². The summed E-state index contributed by atoms with van der Waals surface area (Å²) < 4.78 is 0. The summed E-state index contributed by atoms with van der Waals surface area (Å²) in [5.41, 5.74) is 1.96. The van der Waals surface area contributed by atoms with Crippen LogP contribution in [0.4, 0.5) is 10.8 Å². The van der Waals surface area contributed by atoms with Crippen molar-refractivity contribution in [2.75, 3.05) is 11.4 Å². The van der Waals surface area contributed by atoms with Gasteiger partial charge in [-0.1, -0.05) is 18.2 Å². The first-order valence-corrected chi connectivity index (χ1v) is 12.6. The lowest BCUT2D eigenvalue weighted by atomic mass is 9.49. The van der Waals surface area contributed by atoms with Crippen molar-refractivity contribution in [1.29, 1.82) is 0 Å². The van der Waals surface area contributed by atoms with Crippen molar-refractivity contribution in [3.63, 3.8) is 0 Å². The minimum absolute atomic E-state index is 0.0734. The number of hydrogen-bond acceptors (Lipinski definition) is 4. The number of benzene rings is 1. The fourth-order valence-corrected chi connectivity index (χ4v) is 7.58. The first kappa shape index (κ1) is 21.4. The molecule has 1 aromatic carbocycles. The standard InChI is InChI=1S/C26H31N3O2S/c1-18(30)29(23-5-3-2-4-6-23)25-28-22(17-32-25)7-8-24(31)27-10-9-26-14-19-11-20(15-26)13-21(12-19)16-26/h2-8,17,19-21H,9-16H2,1H3,(H,27,31)/b8-7+. The molecule has 168 valence electrons. The van der Waals surface area contributed by atoms with Crippen LogP contribution in [0.5, 0.6) is 0 Å². The van der Waals surface area contributed by atoms with Gasteiger partial charge in [-0.05, 0) is 86.3 Å². The van der Waals surface area contributed by atoms with Gasteiger partial charge < -0.3 is 5.32 Å². The molecular weight excluding hydrogens is 418 g/mol. The zero-order valence-electron chi connectivity index (χ0n) is 18.6. The quantitative estimate of drug-likeness (QED) is 0.563. The summed E-state index contributed by atoms with van der Waals surface area (Å²) in [6.45, 7) is 2.28. The Balaban J connectivity index is 1.15. The number of nitrogens with zero attached hydrogens (tertiary/aromatic N) is 2. The van der Waals surface area contributed by atoms with Gasteiger partial charge in [0.15, 0.2) is 5.13 Å². The highest BCUT2D eigenvalue weighted by atomic mass is 32.1. The van der Waals surface area contributed by atoms with Gasteiger partial charge in [-0.2, -0.15) is 0 Å². The van der Waals surface area contributed by atoms with Crippen LogP contribution < -0.4 is 10.2 Å². The van der Waals surface area contributed by atoms with Crippen LogP contribution in [0.1, 0.15) is 57.6 Å². The zero-order chi connectivity index (χ0) is 22.1. The van der Waals surface area contributed by atoms with Crippen molar-refractivity contribution in [3.8, 4) is 0 Å². The highest BCUT2D eigenvalue weighted by molar-refractivity contribution is 7.14. The molecule has 6 rings (SSSR count). The van der Waals surface area contributed by atoms with Crippen LogP contribution in [0.15, 0.2) is 41.8 Å². The van der Waals surface area contributed by atoms with E-state index in [2.05, 4.69) is 10.3 Å². The molecule has 0 aliphatic heterocycles. The highest BCUT2D eigenvalue weighted by Crippen LogP contribution is 2.61. The predicted octanol–water partition coefficient (Wildman–Crippen LogP) is 5.56. The first-order valence-electron chi connectivity index (χ1n) is 11.8. The zero-order valence-corrected chi connectivity index (χ0v) is 19.4. The second-order valence-electron chi connectivity index (χ2n) is 10.0. The van der Waals surface area contributed by atoms with Gasteiger partial charge >= 0.3 is 0 Å². The molecule has 2 aromatic rings. The molecule has 4 aliphatic carbocycles. The van der Waals surface area contributed by atoms with E-state index in [1.807, 2.05) is 35.7 Å². The van der Waals surface area contributed by atoms with E-state index in [0.717, 1.165) is 36.4 Å². The van der Waals surface area contributed by atoms with Crippen LogP contribution >= 0.6 is 11.3 Å². The topological polar surface area (TPSA) is 62.3 Å². The minimum Gasteiger partial charge on any atom is -0.353 e. The molecule has 5 nitrogen and oxygen atoms in total. The Hall–Kier alpha value is -2.47. The molecule has 4 saturated carbocycles. The highest BCUT2D eigenvalue weighted by Gasteiger charge is 2.50. The Labute approximate surface area is 193 Å². The lowest BCUT2D eigenvalue weighted by molar-refractivity contribution is -0.117. The van der Waals surface area contributed by atoms with Gasteiger partial charge in [-0.25, -0.2) is 4.98 Å². The summed E-state index contributed by atoms with van der Waals surface area (Å²) >= 11 is 1.39. The van der Waals surface area contributed by atoms with Crippen LogP contribution in [-0.4, -0.2) is 23.3 Å². The second-order valence-corrected chi connectivity index (χ2v) is 10.9. The molecule has 0 atom stereocenters. The number of anilines is 2. The van der Waals surface area contributed by atoms with Crippen LogP contribution in [0.25, 0.3) is 6.08 Å². The van der Waals surface area contributed by atoms with E-state index in [4.69, 9.17) is 0 Å². The Morgan fingerprint density at radius 1 is 1.12 bits per heavy atom. The van der Waals surface area contributed by atoms with E-state index in [1.54, 1.807) is 17.1 Å². The lowest BCUT2D eigenvalue weighted by Gasteiger charge is -2.57. The number of para-hydroxylation sites is 1. The Bertz CT molecular complexity index is 978. The monoisotopic (exact) mass is 449 g/mol. The molecule has 0 saturated heterocycles. The van der Waals surface area contributed by atoms with E-state index in [0.29, 0.717) is 16.2 Å². The lowest BCUT2D eigenvalue weighted by Crippen LogP contribution is -2.47. The van der Waals surface area contributed by atoms with E-state index in [9.17, 15) is 9.59 Å². The number of aromatic nitrogens is 1. The maximum atomic E-state index is 12.4. The average Bonchev–Trinajstić information content (AvgIpc) is 3.20. The summed E-state index contributed by atoms with van der Waals surface area (Å²) in [5, 5.41) is 5.56. The molecule has 1 N–H and O–H groups in total. The van der Waals surface area contributed by atoms with Crippen molar-refractivity contribution in [1.82, 2.24) is 10.3 Å². The van der Waals surface area contributed by atoms with Crippen LogP contribution in [0, 0.1) is 23.2 Å². The number of rotatable bonds is 7. The minimum atomic E-state index is -0.0940. The SMILES string of the molecule is CC(=O)N(c1ccccc1)c1nc(/C=C/C(=O)NCCC23CC4CC(CC(C4)C2)C3)cs1. The Morgan fingerprint density at radius 3 is 2.41 bits per heavy atom. The van der Waals surface area contributed by atoms with Crippen molar-refractivity contribution >= 4 is 40.0 Å². The number of nitrogens with one attached hydrogen (secondary N) is 1. The van der Waals surface area contributed by atoms with Crippen molar-refractivity contribution < 1.29 is 9.59 Å². The summed E-state index contributed by atoms with van der Waals surface area (Å²) in [6.07, 6.45) is 12.9. The molecule has 0 radical (unpaired) electrons. The van der Waals surface area contributed by atoms with E-state index in [1.165, 1.54) is 56.8 Å². The van der Waals surface area contributed by atoms with E-state index >= 15 is 0 Å². The number of thiazole rings is 1.